The summed E-state index contributed by atoms with van der Waals surface area (Å²) in [5, 5.41) is 9.79. The van der Waals surface area contributed by atoms with E-state index in [0.29, 0.717) is 0 Å². The highest BCUT2D eigenvalue weighted by atomic mass is 32.2. The molecule has 0 aliphatic carbocycles. The summed E-state index contributed by atoms with van der Waals surface area (Å²) in [4.78, 5) is 23.0. The molecule has 1 N–H and O–H groups in total. The molecule has 0 spiro atoms. The van der Waals surface area contributed by atoms with Crippen LogP contribution in [0.15, 0.2) is 9.64 Å². The fraction of sp³-hybridized carbons (Fsp3) is 0.636. The molecule has 0 aromatic carbocycles. The van der Waals surface area contributed by atoms with Crippen LogP contribution in [0.25, 0.3) is 0 Å². The highest BCUT2D eigenvalue weighted by Crippen LogP contribution is 2.22. The lowest BCUT2D eigenvalue weighted by atomic mass is 10.3. The summed E-state index contributed by atoms with van der Waals surface area (Å²) in [6.07, 6.45) is 0. The summed E-state index contributed by atoms with van der Waals surface area (Å²) in [6, 6.07) is 0.0633. The van der Waals surface area contributed by atoms with Crippen LogP contribution in [0.3, 0.4) is 0 Å². The number of hydrogen-bond donors (Lipinski definition) is 1. The molecule has 106 valence electrons. The molecule has 1 unspecified atom stereocenters. The van der Waals surface area contributed by atoms with Crippen molar-refractivity contribution in [1.29, 1.82) is 0 Å². The van der Waals surface area contributed by atoms with Crippen molar-refractivity contribution in [2.24, 2.45) is 0 Å². The van der Waals surface area contributed by atoms with Gasteiger partial charge in [0.15, 0.2) is 0 Å². The van der Waals surface area contributed by atoms with Crippen molar-refractivity contribution in [3.8, 4) is 0 Å². The average Bonchev–Trinajstić information content (AvgIpc) is 2.77. The summed E-state index contributed by atoms with van der Waals surface area (Å²) in [5.74, 6) is -1.00. The van der Waals surface area contributed by atoms with Gasteiger partial charge in [-0.25, -0.2) is 4.79 Å². The van der Waals surface area contributed by atoms with Crippen LogP contribution >= 0.6 is 11.8 Å². The largest absolute Gasteiger partial charge is 0.459 e. The number of esters is 1. The standard InChI is InChI=1S/C11H17N3O4S/c1-5-17-10(16)9-13-14-11(18-9)19-7(4)8(15)12-6(2)3/h6-7H,5H2,1-4H3,(H,12,15). The first-order valence-electron chi connectivity index (χ1n) is 5.91. The molecule has 0 aliphatic rings. The number of carbonyl (C=O) groups excluding carboxylic acids is 2. The Morgan fingerprint density at radius 1 is 1.37 bits per heavy atom. The van der Waals surface area contributed by atoms with E-state index < -0.39 is 11.2 Å². The van der Waals surface area contributed by atoms with E-state index in [1.54, 1.807) is 13.8 Å². The van der Waals surface area contributed by atoms with Crippen LogP contribution in [0, 0.1) is 0 Å². The van der Waals surface area contributed by atoms with Gasteiger partial charge in [-0.2, -0.15) is 0 Å². The molecule has 0 aliphatic heterocycles. The Labute approximate surface area is 115 Å². The van der Waals surface area contributed by atoms with Crippen LogP contribution in [0.2, 0.25) is 0 Å². The number of ether oxygens (including phenoxy) is 1. The van der Waals surface area contributed by atoms with Gasteiger partial charge in [-0.3, -0.25) is 4.79 Å². The van der Waals surface area contributed by atoms with Gasteiger partial charge in [0, 0.05) is 6.04 Å². The van der Waals surface area contributed by atoms with Crippen molar-refractivity contribution >= 4 is 23.6 Å². The Hall–Kier alpha value is -1.57. The quantitative estimate of drug-likeness (QED) is 0.621. The van der Waals surface area contributed by atoms with Gasteiger partial charge in [0.2, 0.25) is 5.91 Å². The van der Waals surface area contributed by atoms with Gasteiger partial charge in [-0.05, 0) is 27.7 Å². The highest BCUT2D eigenvalue weighted by Gasteiger charge is 2.21. The molecule has 1 atom stereocenters. The molecule has 8 heteroatoms. The monoisotopic (exact) mass is 287 g/mol. The zero-order chi connectivity index (χ0) is 14.4. The summed E-state index contributed by atoms with van der Waals surface area (Å²) >= 11 is 1.09. The summed E-state index contributed by atoms with van der Waals surface area (Å²) in [5.41, 5.74) is 0. The molecule has 1 aromatic heterocycles. The second-order valence-electron chi connectivity index (χ2n) is 4.02. The third kappa shape index (κ3) is 4.90. The Balaban J connectivity index is 2.58. The number of nitrogens with one attached hydrogen (secondary N) is 1. The first-order valence-corrected chi connectivity index (χ1v) is 6.79. The van der Waals surface area contributed by atoms with Gasteiger partial charge in [0.05, 0.1) is 11.9 Å². The van der Waals surface area contributed by atoms with Crippen LogP contribution in [-0.4, -0.2) is 40.0 Å². The molecular weight excluding hydrogens is 270 g/mol. The smallest absolute Gasteiger partial charge is 0.396 e. The SMILES string of the molecule is CCOC(=O)c1nnc(SC(C)C(=O)NC(C)C)o1. The first kappa shape index (κ1) is 15.5. The Morgan fingerprint density at radius 2 is 2.05 bits per heavy atom. The van der Waals surface area contributed by atoms with Gasteiger partial charge in [-0.15, -0.1) is 5.10 Å². The fourth-order valence-electron chi connectivity index (χ4n) is 1.14. The topological polar surface area (TPSA) is 94.3 Å². The van der Waals surface area contributed by atoms with E-state index in [2.05, 4.69) is 15.5 Å². The molecule has 7 nitrogen and oxygen atoms in total. The van der Waals surface area contributed by atoms with Crippen molar-refractivity contribution in [3.05, 3.63) is 5.89 Å². The Bertz CT molecular complexity index is 447. The maximum absolute atomic E-state index is 11.7. The van der Waals surface area contributed by atoms with Crippen LogP contribution in [0.4, 0.5) is 0 Å². The molecule has 0 fully saturated rings. The molecule has 0 bridgehead atoms. The third-order valence-corrected chi connectivity index (χ3v) is 2.87. The summed E-state index contributed by atoms with van der Waals surface area (Å²) < 4.78 is 9.83. The predicted molar refractivity (Wildman–Crippen MR) is 68.9 cm³/mol. The number of carbonyl (C=O) groups is 2. The van der Waals surface area contributed by atoms with E-state index in [4.69, 9.17) is 9.15 Å². The van der Waals surface area contributed by atoms with Gasteiger partial charge >= 0.3 is 11.9 Å². The van der Waals surface area contributed by atoms with Gasteiger partial charge < -0.3 is 14.5 Å². The number of nitrogens with zero attached hydrogens (tertiary/aromatic N) is 2. The second kappa shape index (κ2) is 7.13. The summed E-state index contributed by atoms with van der Waals surface area (Å²) in [6.45, 7) is 7.39. The number of rotatable bonds is 6. The molecule has 1 aromatic rings. The van der Waals surface area contributed by atoms with E-state index in [0.717, 1.165) is 11.8 Å². The summed E-state index contributed by atoms with van der Waals surface area (Å²) in [7, 11) is 0. The van der Waals surface area contributed by atoms with E-state index in [9.17, 15) is 9.59 Å². The maximum Gasteiger partial charge on any atom is 0.396 e. The lowest BCUT2D eigenvalue weighted by Crippen LogP contribution is -2.35. The minimum Gasteiger partial charge on any atom is -0.459 e. The lowest BCUT2D eigenvalue weighted by molar-refractivity contribution is -0.120. The molecular formula is C11H17N3O4S. The minimum absolute atomic E-state index is 0.0633. The molecule has 19 heavy (non-hydrogen) atoms. The van der Waals surface area contributed by atoms with Crippen LogP contribution in [0.5, 0.6) is 0 Å². The van der Waals surface area contributed by atoms with Gasteiger partial charge in [0.25, 0.3) is 5.22 Å². The molecule has 0 saturated heterocycles. The van der Waals surface area contributed by atoms with Gasteiger partial charge in [0.1, 0.15) is 0 Å². The molecule has 0 radical (unpaired) electrons. The van der Waals surface area contributed by atoms with Crippen molar-refractivity contribution in [2.45, 2.75) is 44.2 Å². The van der Waals surface area contributed by atoms with Crippen molar-refractivity contribution in [1.82, 2.24) is 15.5 Å². The van der Waals surface area contributed by atoms with Crippen molar-refractivity contribution in [3.63, 3.8) is 0 Å². The molecule has 1 heterocycles. The molecule has 1 amide bonds. The predicted octanol–water partition coefficient (Wildman–Crippen LogP) is 1.25. The Morgan fingerprint density at radius 3 is 2.63 bits per heavy atom. The second-order valence-corrected chi connectivity index (χ2v) is 5.31. The third-order valence-electron chi connectivity index (χ3n) is 1.93. The molecule has 1 rings (SSSR count). The highest BCUT2D eigenvalue weighted by molar-refractivity contribution is 8.00. The van der Waals surface area contributed by atoms with E-state index >= 15 is 0 Å². The normalized spacial score (nSPS) is 12.3. The lowest BCUT2D eigenvalue weighted by Gasteiger charge is -2.12. The minimum atomic E-state index is -0.666. The van der Waals surface area contributed by atoms with Crippen LogP contribution < -0.4 is 5.32 Å². The zero-order valence-electron chi connectivity index (χ0n) is 11.3. The Kier molecular flexibility index (Phi) is 5.81. The van der Waals surface area contributed by atoms with Crippen LogP contribution in [0.1, 0.15) is 38.4 Å². The zero-order valence-corrected chi connectivity index (χ0v) is 12.1. The van der Waals surface area contributed by atoms with E-state index in [1.165, 1.54) is 0 Å². The number of aromatic nitrogens is 2. The van der Waals surface area contributed by atoms with Crippen molar-refractivity contribution < 1.29 is 18.7 Å². The fourth-order valence-corrected chi connectivity index (χ4v) is 1.83. The van der Waals surface area contributed by atoms with Crippen molar-refractivity contribution in [2.75, 3.05) is 6.61 Å². The average molecular weight is 287 g/mol. The van der Waals surface area contributed by atoms with Gasteiger partial charge in [-0.1, -0.05) is 16.9 Å². The number of amides is 1. The molecule has 0 saturated carbocycles. The first-order chi connectivity index (χ1) is 8.93. The number of thioether (sulfide) groups is 1. The van der Waals surface area contributed by atoms with Crippen LogP contribution in [-0.2, 0) is 9.53 Å². The van der Waals surface area contributed by atoms with E-state index in [-0.39, 0.29) is 29.7 Å². The number of hydrogen-bond acceptors (Lipinski definition) is 7. The maximum atomic E-state index is 11.7. The van der Waals surface area contributed by atoms with E-state index in [1.807, 2.05) is 13.8 Å².